The molecule has 2 N–H and O–H groups in total. The lowest BCUT2D eigenvalue weighted by atomic mass is 10.1. The molecule has 0 aromatic heterocycles. The van der Waals surface area contributed by atoms with E-state index >= 15 is 0 Å². The lowest BCUT2D eigenvalue weighted by molar-refractivity contribution is -0.125. The van der Waals surface area contributed by atoms with Gasteiger partial charge < -0.3 is 15.4 Å². The van der Waals surface area contributed by atoms with Crippen molar-refractivity contribution < 1.29 is 9.53 Å². The highest BCUT2D eigenvalue weighted by Crippen LogP contribution is 2.17. The van der Waals surface area contributed by atoms with Crippen molar-refractivity contribution in [2.75, 3.05) is 19.0 Å². The van der Waals surface area contributed by atoms with Crippen LogP contribution in [-0.2, 0) is 9.53 Å². The molecule has 4 heteroatoms. The Hall–Kier alpha value is -1.39. The summed E-state index contributed by atoms with van der Waals surface area (Å²) in [6.45, 7) is 7.92. The minimum atomic E-state index is -0.306. The van der Waals surface area contributed by atoms with E-state index in [4.69, 9.17) is 4.74 Å². The third-order valence-electron chi connectivity index (χ3n) is 2.74. The lowest BCUT2D eigenvalue weighted by Crippen LogP contribution is -2.27. The van der Waals surface area contributed by atoms with E-state index in [-0.39, 0.29) is 24.2 Å². The van der Waals surface area contributed by atoms with Crippen LogP contribution in [0.5, 0.6) is 0 Å². The summed E-state index contributed by atoms with van der Waals surface area (Å²) in [7, 11) is 1.91. The van der Waals surface area contributed by atoms with E-state index in [9.17, 15) is 4.79 Å². The van der Waals surface area contributed by atoms with Crippen LogP contribution in [0.4, 0.5) is 5.69 Å². The highest BCUT2D eigenvalue weighted by atomic mass is 16.5. The second-order valence-corrected chi connectivity index (χ2v) is 5.59. The fourth-order valence-corrected chi connectivity index (χ4v) is 1.53. The maximum Gasteiger partial charge on any atom is 0.250 e. The predicted molar refractivity (Wildman–Crippen MR) is 78.3 cm³/mol. The van der Waals surface area contributed by atoms with Gasteiger partial charge in [0.05, 0.1) is 5.60 Å². The summed E-state index contributed by atoms with van der Waals surface area (Å²) in [5, 5.41) is 6.01. The average molecular weight is 264 g/mol. The van der Waals surface area contributed by atoms with Gasteiger partial charge in [-0.15, -0.1) is 0 Å². The molecule has 1 aromatic carbocycles. The number of benzene rings is 1. The molecule has 1 rings (SSSR count). The van der Waals surface area contributed by atoms with Crippen LogP contribution in [0.1, 0.15) is 39.3 Å². The smallest absolute Gasteiger partial charge is 0.250 e. The summed E-state index contributed by atoms with van der Waals surface area (Å²) in [5.74, 6) is -0.135. The number of carbonyl (C=O) groups excluding carboxylic acids is 1. The van der Waals surface area contributed by atoms with E-state index in [2.05, 4.69) is 17.6 Å². The van der Waals surface area contributed by atoms with Crippen LogP contribution in [0.15, 0.2) is 24.3 Å². The van der Waals surface area contributed by atoms with Crippen LogP contribution in [0.25, 0.3) is 0 Å². The van der Waals surface area contributed by atoms with E-state index in [1.165, 1.54) is 0 Å². The molecule has 0 radical (unpaired) electrons. The minimum Gasteiger partial charge on any atom is -0.366 e. The van der Waals surface area contributed by atoms with Gasteiger partial charge in [0.1, 0.15) is 6.61 Å². The molecule has 1 atom stereocenters. The first-order chi connectivity index (χ1) is 8.81. The van der Waals surface area contributed by atoms with E-state index < -0.39 is 0 Å². The summed E-state index contributed by atoms with van der Waals surface area (Å²) in [6, 6.07) is 8.06. The third kappa shape index (κ3) is 5.85. The largest absolute Gasteiger partial charge is 0.366 e. The number of anilines is 1. The summed E-state index contributed by atoms with van der Waals surface area (Å²) in [5.41, 5.74) is 1.62. The van der Waals surface area contributed by atoms with E-state index in [1.807, 2.05) is 52.1 Å². The number of hydrogen-bond donors (Lipinski definition) is 2. The maximum atomic E-state index is 11.8. The van der Waals surface area contributed by atoms with E-state index in [1.54, 1.807) is 0 Å². The fraction of sp³-hybridized carbons (Fsp3) is 0.533. The fourth-order valence-electron chi connectivity index (χ4n) is 1.53. The first-order valence-corrected chi connectivity index (χ1v) is 6.53. The van der Waals surface area contributed by atoms with Crippen molar-refractivity contribution in [1.29, 1.82) is 0 Å². The SMILES string of the molecule is CNC(C)c1cccc(NC(=O)COC(C)(C)C)c1. The number of amides is 1. The predicted octanol–water partition coefficient (Wildman–Crippen LogP) is 2.72. The second-order valence-electron chi connectivity index (χ2n) is 5.59. The zero-order valence-electron chi connectivity index (χ0n) is 12.4. The molecule has 0 aliphatic carbocycles. The molecule has 1 unspecified atom stereocenters. The van der Waals surface area contributed by atoms with Gasteiger partial charge in [-0.05, 0) is 52.4 Å². The van der Waals surface area contributed by atoms with Gasteiger partial charge in [-0.25, -0.2) is 0 Å². The standard InChI is InChI=1S/C15H24N2O2/c1-11(16-5)12-7-6-8-13(9-12)17-14(18)10-19-15(2,3)4/h6-9,11,16H,10H2,1-5H3,(H,17,18). The van der Waals surface area contributed by atoms with Gasteiger partial charge in [-0.2, -0.15) is 0 Å². The molecule has 4 nitrogen and oxygen atoms in total. The Morgan fingerprint density at radius 3 is 2.63 bits per heavy atom. The maximum absolute atomic E-state index is 11.8. The molecule has 0 fully saturated rings. The van der Waals surface area contributed by atoms with Crippen molar-refractivity contribution in [2.45, 2.75) is 39.3 Å². The van der Waals surface area contributed by atoms with E-state index in [0.717, 1.165) is 11.3 Å². The number of carbonyl (C=O) groups is 1. The molecular formula is C15H24N2O2. The topological polar surface area (TPSA) is 50.4 Å². The van der Waals surface area contributed by atoms with Crippen molar-refractivity contribution in [1.82, 2.24) is 5.32 Å². The quantitative estimate of drug-likeness (QED) is 0.859. The Morgan fingerprint density at radius 2 is 2.05 bits per heavy atom. The van der Waals surface area contributed by atoms with Crippen LogP contribution < -0.4 is 10.6 Å². The number of ether oxygens (including phenoxy) is 1. The Labute approximate surface area is 115 Å². The molecule has 0 aliphatic rings. The van der Waals surface area contributed by atoms with Gasteiger partial charge in [0, 0.05) is 11.7 Å². The van der Waals surface area contributed by atoms with Crippen LogP contribution in [0.2, 0.25) is 0 Å². The highest BCUT2D eigenvalue weighted by Gasteiger charge is 2.13. The van der Waals surface area contributed by atoms with Crippen LogP contribution in [-0.4, -0.2) is 25.2 Å². The van der Waals surface area contributed by atoms with Crippen LogP contribution in [0, 0.1) is 0 Å². The molecule has 0 bridgehead atoms. The molecule has 1 amide bonds. The lowest BCUT2D eigenvalue weighted by Gasteiger charge is -2.19. The van der Waals surface area contributed by atoms with E-state index in [0.29, 0.717) is 0 Å². The van der Waals surface area contributed by atoms with Gasteiger partial charge in [0.2, 0.25) is 5.91 Å². The molecule has 0 saturated heterocycles. The Bertz CT molecular complexity index is 424. The zero-order chi connectivity index (χ0) is 14.5. The third-order valence-corrected chi connectivity index (χ3v) is 2.74. The number of rotatable bonds is 5. The first-order valence-electron chi connectivity index (χ1n) is 6.53. The van der Waals surface area contributed by atoms with Crippen molar-refractivity contribution in [3.63, 3.8) is 0 Å². The molecule has 0 saturated carbocycles. The van der Waals surface area contributed by atoms with Crippen LogP contribution in [0.3, 0.4) is 0 Å². The van der Waals surface area contributed by atoms with Crippen molar-refractivity contribution >= 4 is 11.6 Å². The highest BCUT2D eigenvalue weighted by molar-refractivity contribution is 5.91. The second kappa shape index (κ2) is 6.68. The first kappa shape index (κ1) is 15.7. The minimum absolute atomic E-state index is 0.0648. The summed E-state index contributed by atoms with van der Waals surface area (Å²) >= 11 is 0. The molecule has 1 aromatic rings. The Morgan fingerprint density at radius 1 is 1.37 bits per heavy atom. The van der Waals surface area contributed by atoms with Crippen molar-refractivity contribution in [3.05, 3.63) is 29.8 Å². The molecular weight excluding hydrogens is 240 g/mol. The molecule has 0 aliphatic heterocycles. The Balaban J connectivity index is 2.59. The van der Waals surface area contributed by atoms with Gasteiger partial charge >= 0.3 is 0 Å². The zero-order valence-corrected chi connectivity index (χ0v) is 12.4. The Kier molecular flexibility index (Phi) is 5.51. The van der Waals surface area contributed by atoms with Crippen LogP contribution >= 0.6 is 0 Å². The normalized spacial score (nSPS) is 13.1. The molecule has 106 valence electrons. The molecule has 0 spiro atoms. The number of nitrogens with one attached hydrogen (secondary N) is 2. The van der Waals surface area contributed by atoms with Crippen molar-refractivity contribution in [3.8, 4) is 0 Å². The summed E-state index contributed by atoms with van der Waals surface area (Å²) < 4.78 is 5.44. The monoisotopic (exact) mass is 264 g/mol. The summed E-state index contributed by atoms with van der Waals surface area (Å²) in [4.78, 5) is 11.8. The number of hydrogen-bond acceptors (Lipinski definition) is 3. The van der Waals surface area contributed by atoms with Gasteiger partial charge in [0.15, 0.2) is 0 Å². The van der Waals surface area contributed by atoms with Gasteiger partial charge in [-0.3, -0.25) is 4.79 Å². The van der Waals surface area contributed by atoms with Gasteiger partial charge in [-0.1, -0.05) is 12.1 Å². The van der Waals surface area contributed by atoms with Gasteiger partial charge in [0.25, 0.3) is 0 Å². The summed E-state index contributed by atoms with van der Waals surface area (Å²) in [6.07, 6.45) is 0. The average Bonchev–Trinajstić information content (AvgIpc) is 2.35. The molecule has 19 heavy (non-hydrogen) atoms. The molecule has 0 heterocycles. The van der Waals surface area contributed by atoms with Crippen molar-refractivity contribution in [2.24, 2.45) is 0 Å².